The van der Waals surface area contributed by atoms with Crippen molar-refractivity contribution in [3.05, 3.63) is 30.2 Å². The van der Waals surface area contributed by atoms with Crippen LogP contribution in [0.2, 0.25) is 0 Å². The number of ether oxygens (including phenoxy) is 2. The van der Waals surface area contributed by atoms with E-state index in [1.54, 1.807) is 10.7 Å². The molecular formula is C18H25N5O3. The van der Waals surface area contributed by atoms with E-state index in [-0.39, 0.29) is 11.8 Å². The molecule has 0 N–H and O–H groups in total. The first kappa shape index (κ1) is 17.4. The van der Waals surface area contributed by atoms with Crippen molar-refractivity contribution < 1.29 is 14.3 Å². The minimum atomic E-state index is 0.181. The number of hydrogen-bond acceptors (Lipinski definition) is 6. The van der Waals surface area contributed by atoms with Crippen molar-refractivity contribution >= 4 is 11.6 Å². The second-order valence-corrected chi connectivity index (χ2v) is 6.93. The molecule has 0 saturated carbocycles. The summed E-state index contributed by atoms with van der Waals surface area (Å²) >= 11 is 0. The molecule has 0 unspecified atom stereocenters. The SMILES string of the molecule is O=C(CN1CCOCC1)N1CCOC[C@@H](Cc2ccc3nccn3n2)C1. The lowest BCUT2D eigenvalue weighted by Gasteiger charge is -2.30. The summed E-state index contributed by atoms with van der Waals surface area (Å²) in [5.74, 6) is 0.431. The molecule has 2 aliphatic rings. The Hall–Kier alpha value is -2.03. The van der Waals surface area contributed by atoms with Gasteiger partial charge in [-0.2, -0.15) is 5.10 Å². The highest BCUT2D eigenvalue weighted by Gasteiger charge is 2.25. The van der Waals surface area contributed by atoms with Gasteiger partial charge in [-0.05, 0) is 18.6 Å². The molecule has 1 atom stereocenters. The minimum Gasteiger partial charge on any atom is -0.379 e. The van der Waals surface area contributed by atoms with Gasteiger partial charge < -0.3 is 14.4 Å². The number of amides is 1. The van der Waals surface area contributed by atoms with Crippen molar-refractivity contribution in [1.29, 1.82) is 0 Å². The molecule has 26 heavy (non-hydrogen) atoms. The lowest BCUT2D eigenvalue weighted by molar-refractivity contribution is -0.133. The molecule has 8 heteroatoms. The standard InChI is InChI=1S/C18H25N5O3/c24-18(13-21-5-8-25-9-6-21)22-7-10-26-14-15(12-22)11-16-1-2-17-19-3-4-23(17)20-16/h1-4,15H,5-14H2/t15-/m0/s1. The number of carbonyl (C=O) groups excluding carboxylic acids is 1. The Kier molecular flexibility index (Phi) is 5.42. The fraction of sp³-hybridized carbons (Fsp3) is 0.611. The summed E-state index contributed by atoms with van der Waals surface area (Å²) in [5, 5.41) is 4.60. The number of aromatic nitrogens is 3. The zero-order valence-electron chi connectivity index (χ0n) is 14.9. The molecule has 2 fully saturated rings. The zero-order valence-corrected chi connectivity index (χ0v) is 14.9. The summed E-state index contributed by atoms with van der Waals surface area (Å²) in [6, 6.07) is 3.98. The second kappa shape index (κ2) is 8.11. The topological polar surface area (TPSA) is 72.2 Å². The monoisotopic (exact) mass is 359 g/mol. The third kappa shape index (κ3) is 4.20. The molecule has 2 aromatic rings. The lowest BCUT2D eigenvalue weighted by atomic mass is 10.0. The summed E-state index contributed by atoms with van der Waals surface area (Å²) < 4.78 is 12.9. The Labute approximate surface area is 152 Å². The van der Waals surface area contributed by atoms with E-state index in [0.717, 1.165) is 30.9 Å². The maximum atomic E-state index is 12.7. The van der Waals surface area contributed by atoms with Crippen molar-refractivity contribution in [2.45, 2.75) is 6.42 Å². The van der Waals surface area contributed by atoms with Gasteiger partial charge in [-0.15, -0.1) is 0 Å². The van der Waals surface area contributed by atoms with Gasteiger partial charge in [0.05, 0.1) is 38.7 Å². The Morgan fingerprint density at radius 3 is 2.88 bits per heavy atom. The lowest BCUT2D eigenvalue weighted by Crippen LogP contribution is -2.46. The molecule has 4 heterocycles. The summed E-state index contributed by atoms with van der Waals surface area (Å²) in [7, 11) is 0. The van der Waals surface area contributed by atoms with Crippen molar-refractivity contribution in [2.24, 2.45) is 5.92 Å². The van der Waals surface area contributed by atoms with E-state index < -0.39 is 0 Å². The first-order chi connectivity index (χ1) is 12.8. The number of fused-ring (bicyclic) bond motifs is 1. The summed E-state index contributed by atoms with van der Waals surface area (Å²) in [5.41, 5.74) is 1.83. The molecular weight excluding hydrogens is 334 g/mol. The first-order valence-electron chi connectivity index (χ1n) is 9.23. The molecule has 0 spiro atoms. The van der Waals surface area contributed by atoms with Crippen LogP contribution in [0.3, 0.4) is 0 Å². The fourth-order valence-electron chi connectivity index (χ4n) is 3.54. The van der Waals surface area contributed by atoms with Crippen LogP contribution in [0.25, 0.3) is 5.65 Å². The normalized spacial score (nSPS) is 22.5. The van der Waals surface area contributed by atoms with Crippen LogP contribution in [-0.2, 0) is 20.7 Å². The highest BCUT2D eigenvalue weighted by Crippen LogP contribution is 2.14. The van der Waals surface area contributed by atoms with E-state index in [0.29, 0.717) is 46.1 Å². The van der Waals surface area contributed by atoms with Crippen molar-refractivity contribution in [3.63, 3.8) is 0 Å². The third-order valence-electron chi connectivity index (χ3n) is 4.96. The minimum absolute atomic E-state index is 0.181. The summed E-state index contributed by atoms with van der Waals surface area (Å²) in [6.07, 6.45) is 4.38. The Morgan fingerprint density at radius 1 is 1.15 bits per heavy atom. The van der Waals surface area contributed by atoms with Gasteiger partial charge in [0.1, 0.15) is 0 Å². The molecule has 140 valence electrons. The molecule has 0 aromatic carbocycles. The van der Waals surface area contributed by atoms with Crippen LogP contribution in [-0.4, -0.2) is 89.5 Å². The molecule has 4 rings (SSSR count). The molecule has 2 aromatic heterocycles. The van der Waals surface area contributed by atoms with E-state index in [9.17, 15) is 4.79 Å². The molecule has 0 radical (unpaired) electrons. The van der Waals surface area contributed by atoms with Crippen molar-refractivity contribution in [3.8, 4) is 0 Å². The van der Waals surface area contributed by atoms with Crippen LogP contribution in [0.4, 0.5) is 0 Å². The second-order valence-electron chi connectivity index (χ2n) is 6.93. The summed E-state index contributed by atoms with van der Waals surface area (Å²) in [6.45, 7) is 6.17. The average molecular weight is 359 g/mol. The Morgan fingerprint density at radius 2 is 2.00 bits per heavy atom. The Balaban J connectivity index is 1.37. The first-order valence-corrected chi connectivity index (χ1v) is 9.23. The number of nitrogens with zero attached hydrogens (tertiary/aromatic N) is 5. The van der Waals surface area contributed by atoms with Gasteiger partial charge in [0, 0.05) is 44.5 Å². The quantitative estimate of drug-likeness (QED) is 0.770. The van der Waals surface area contributed by atoms with Crippen molar-refractivity contribution in [2.75, 3.05) is 59.2 Å². The van der Waals surface area contributed by atoms with Gasteiger partial charge in [-0.25, -0.2) is 9.50 Å². The van der Waals surface area contributed by atoms with Gasteiger partial charge in [-0.3, -0.25) is 9.69 Å². The van der Waals surface area contributed by atoms with Gasteiger partial charge in [-0.1, -0.05) is 0 Å². The molecule has 8 nitrogen and oxygen atoms in total. The molecule has 0 aliphatic carbocycles. The van der Waals surface area contributed by atoms with E-state index in [2.05, 4.69) is 15.0 Å². The van der Waals surface area contributed by atoms with Gasteiger partial charge >= 0.3 is 0 Å². The van der Waals surface area contributed by atoms with E-state index in [1.807, 2.05) is 23.2 Å². The fourth-order valence-corrected chi connectivity index (χ4v) is 3.54. The van der Waals surface area contributed by atoms with Gasteiger partial charge in [0.2, 0.25) is 5.91 Å². The molecule has 2 aliphatic heterocycles. The van der Waals surface area contributed by atoms with Crippen LogP contribution in [0.1, 0.15) is 5.69 Å². The Bertz CT molecular complexity index is 743. The van der Waals surface area contributed by atoms with Gasteiger partial charge in [0.15, 0.2) is 5.65 Å². The van der Waals surface area contributed by atoms with Crippen LogP contribution < -0.4 is 0 Å². The maximum absolute atomic E-state index is 12.7. The number of carbonyl (C=O) groups is 1. The van der Waals surface area contributed by atoms with E-state index in [4.69, 9.17) is 9.47 Å². The van der Waals surface area contributed by atoms with Crippen LogP contribution in [0, 0.1) is 5.92 Å². The number of rotatable bonds is 4. The van der Waals surface area contributed by atoms with E-state index >= 15 is 0 Å². The predicted octanol–water partition coefficient (Wildman–Crippen LogP) is 0.0790. The molecule has 1 amide bonds. The zero-order chi connectivity index (χ0) is 17.8. The number of morpholine rings is 1. The largest absolute Gasteiger partial charge is 0.379 e. The van der Waals surface area contributed by atoms with Gasteiger partial charge in [0.25, 0.3) is 0 Å². The maximum Gasteiger partial charge on any atom is 0.236 e. The van der Waals surface area contributed by atoms with E-state index in [1.165, 1.54) is 0 Å². The summed E-state index contributed by atoms with van der Waals surface area (Å²) in [4.78, 5) is 21.1. The predicted molar refractivity (Wildman–Crippen MR) is 94.8 cm³/mol. The van der Waals surface area contributed by atoms with Crippen molar-refractivity contribution in [1.82, 2.24) is 24.4 Å². The number of hydrogen-bond donors (Lipinski definition) is 0. The molecule has 2 saturated heterocycles. The number of imidazole rings is 1. The third-order valence-corrected chi connectivity index (χ3v) is 4.96. The van der Waals surface area contributed by atoms with Crippen LogP contribution in [0.15, 0.2) is 24.5 Å². The molecule has 0 bridgehead atoms. The van der Waals surface area contributed by atoms with Crippen LogP contribution >= 0.6 is 0 Å². The highest BCUT2D eigenvalue weighted by atomic mass is 16.5. The average Bonchev–Trinajstić information content (AvgIpc) is 3.00. The highest BCUT2D eigenvalue weighted by molar-refractivity contribution is 5.78. The smallest absolute Gasteiger partial charge is 0.236 e. The van der Waals surface area contributed by atoms with Crippen LogP contribution in [0.5, 0.6) is 0 Å².